The second-order valence-corrected chi connectivity index (χ2v) is 4.04. The molecule has 1 fully saturated rings. The van der Waals surface area contributed by atoms with E-state index in [0.717, 1.165) is 18.4 Å². The first-order chi connectivity index (χ1) is 7.67. The van der Waals surface area contributed by atoms with Crippen molar-refractivity contribution in [2.75, 3.05) is 41.8 Å². The Kier molecular flexibility index (Phi) is 34.4. The molecule has 4 nitrogen and oxygen atoms in total. The van der Waals surface area contributed by atoms with Gasteiger partial charge in [-0.15, -0.1) is 7.05 Å². The molecule has 1 saturated carbocycles. The zero-order valence-electron chi connectivity index (χ0n) is 13.2. The Balaban J connectivity index is -0.000000106. The van der Waals surface area contributed by atoms with Gasteiger partial charge in [-0.1, -0.05) is 19.8 Å². The Labute approximate surface area is 134 Å². The topological polar surface area (TPSA) is 51.5 Å². The number of rotatable bonds is 3. The Morgan fingerprint density at radius 3 is 1.72 bits per heavy atom. The molecule has 1 aliphatic carbocycles. The van der Waals surface area contributed by atoms with Gasteiger partial charge < -0.3 is 28.4 Å². The van der Waals surface area contributed by atoms with Crippen LogP contribution >= 0.6 is 0 Å². The maximum Gasteiger partial charge on any atom is 4.00 e. The van der Waals surface area contributed by atoms with Gasteiger partial charge in [-0.3, -0.25) is 0 Å². The van der Waals surface area contributed by atoms with E-state index in [2.05, 4.69) is 23.0 Å². The van der Waals surface area contributed by atoms with Crippen LogP contribution < -0.4 is 0 Å². The summed E-state index contributed by atoms with van der Waals surface area (Å²) in [6.07, 6.45) is 4.08. The van der Waals surface area contributed by atoms with Crippen LogP contribution in [0.15, 0.2) is 0 Å². The molecule has 108 valence electrons. The molecule has 0 heterocycles. The van der Waals surface area contributed by atoms with Crippen molar-refractivity contribution in [2.24, 2.45) is 11.8 Å². The predicted octanol–water partition coefficient (Wildman–Crippen LogP) is 4.04. The van der Waals surface area contributed by atoms with Gasteiger partial charge in [0, 0.05) is 6.61 Å². The Morgan fingerprint density at radius 2 is 1.44 bits per heavy atom. The van der Waals surface area contributed by atoms with E-state index in [-0.39, 0.29) is 33.3 Å². The summed E-state index contributed by atoms with van der Waals surface area (Å²) in [6.45, 7) is 3.13. The molecule has 0 spiro atoms. The van der Waals surface area contributed by atoms with Gasteiger partial charge in [-0.2, -0.15) is 28.2 Å². The van der Waals surface area contributed by atoms with Crippen molar-refractivity contribution in [3.05, 3.63) is 23.5 Å². The van der Waals surface area contributed by atoms with Gasteiger partial charge in [-0.25, -0.2) is 0 Å². The summed E-state index contributed by atoms with van der Waals surface area (Å²) in [5, 5.41) is 7.00. The van der Waals surface area contributed by atoms with E-state index in [1.165, 1.54) is 19.3 Å². The van der Waals surface area contributed by atoms with Crippen LogP contribution in [0.4, 0.5) is 0 Å². The number of nitrogens with zero attached hydrogens (tertiary/aromatic N) is 3. The van der Waals surface area contributed by atoms with Crippen molar-refractivity contribution in [1.29, 1.82) is 0 Å². The van der Waals surface area contributed by atoms with Gasteiger partial charge in [0.25, 0.3) is 0 Å². The Hall–Kier alpha value is 0.710. The van der Waals surface area contributed by atoms with Gasteiger partial charge in [0.05, 0.1) is 0 Å². The first-order valence-electron chi connectivity index (χ1n) is 5.84. The van der Waals surface area contributed by atoms with Crippen LogP contribution in [0.3, 0.4) is 0 Å². The molecule has 1 rings (SSSR count). The molecule has 0 bridgehead atoms. The summed E-state index contributed by atoms with van der Waals surface area (Å²) in [4.78, 5) is 5.01. The third-order valence-corrected chi connectivity index (χ3v) is 2.46. The van der Waals surface area contributed by atoms with Crippen LogP contribution in [0.1, 0.15) is 26.2 Å². The smallest absolute Gasteiger partial charge is 0.668 e. The van der Waals surface area contributed by atoms with Crippen LogP contribution in [-0.4, -0.2) is 41.8 Å². The quantitative estimate of drug-likeness (QED) is 0.384. The molecule has 0 amide bonds. The van der Waals surface area contributed by atoms with Gasteiger partial charge >= 0.3 is 25.8 Å². The maximum absolute atomic E-state index is 5.01. The van der Waals surface area contributed by atoms with Gasteiger partial charge in [0.2, 0.25) is 0 Å². The Morgan fingerprint density at radius 1 is 1.00 bits per heavy atom. The molecule has 0 aromatic heterocycles. The molecule has 0 radical (unpaired) electrons. The molecule has 1 aliphatic rings. The zero-order valence-corrected chi connectivity index (χ0v) is 16.8. The van der Waals surface area contributed by atoms with Crippen LogP contribution in [-0.2, 0) is 30.7 Å². The molecule has 0 aromatic rings. The summed E-state index contributed by atoms with van der Waals surface area (Å²) < 4.78 is 0. The molecule has 0 saturated heterocycles. The average molecular weight is 424 g/mol. The van der Waals surface area contributed by atoms with Gasteiger partial charge in [0.1, 0.15) is 0 Å². The van der Waals surface area contributed by atoms with Crippen LogP contribution in [0.25, 0.3) is 16.1 Å². The van der Waals surface area contributed by atoms with E-state index >= 15 is 0 Å². The normalized spacial score (nSPS) is 20.3. The van der Waals surface area contributed by atoms with E-state index in [1.807, 2.05) is 0 Å². The largest absolute Gasteiger partial charge is 4.00 e. The summed E-state index contributed by atoms with van der Waals surface area (Å²) >= 11 is 0. The molecular formula is C13H31HfN3O. The van der Waals surface area contributed by atoms with Crippen LogP contribution in [0.2, 0.25) is 0 Å². The molecule has 0 aromatic carbocycles. The van der Waals surface area contributed by atoms with E-state index in [0.29, 0.717) is 0 Å². The molecule has 1 unspecified atom stereocenters. The maximum atomic E-state index is 5.01. The predicted molar refractivity (Wildman–Crippen MR) is 78.6 cm³/mol. The zero-order chi connectivity index (χ0) is 12.8. The number of hydrogen-bond acceptors (Lipinski definition) is 1. The second kappa shape index (κ2) is 22.9. The fraction of sp³-hybridized carbons (Fsp3) is 0.923. The standard InChI is InChI=1S/C8H16NO.2C2H6N.CH3.Hf/c1-7-4-3-5-8(7)6-10-9-2;2*1-3-2;;/h7-8H,3-6H2,1-2H3;2*1-2H3;1H3;/q4*-1;+4/t7-,8?;;;;/m0..../s1. The molecule has 0 aliphatic heterocycles. The van der Waals surface area contributed by atoms with Crippen molar-refractivity contribution >= 4 is 0 Å². The van der Waals surface area contributed by atoms with Gasteiger partial charge in [0.15, 0.2) is 0 Å². The van der Waals surface area contributed by atoms with Gasteiger partial charge in [-0.05, 0) is 18.3 Å². The monoisotopic (exact) mass is 425 g/mol. The van der Waals surface area contributed by atoms with Crippen molar-refractivity contribution in [2.45, 2.75) is 26.2 Å². The minimum atomic E-state index is 0. The van der Waals surface area contributed by atoms with E-state index < -0.39 is 0 Å². The third-order valence-electron chi connectivity index (χ3n) is 2.46. The third kappa shape index (κ3) is 19.1. The minimum absolute atomic E-state index is 0. The van der Waals surface area contributed by atoms with Crippen LogP contribution in [0.5, 0.6) is 0 Å². The first kappa shape index (κ1) is 27.1. The fourth-order valence-electron chi connectivity index (χ4n) is 1.64. The summed E-state index contributed by atoms with van der Waals surface area (Å²) in [7, 11) is 8.69. The first-order valence-corrected chi connectivity index (χ1v) is 5.84. The molecule has 2 atom stereocenters. The summed E-state index contributed by atoms with van der Waals surface area (Å²) in [6, 6.07) is 0. The van der Waals surface area contributed by atoms with Crippen molar-refractivity contribution in [1.82, 2.24) is 0 Å². The SMILES string of the molecule is C[N-]C.C[N-]C.C[N-]OCC1CCC[C@@H]1C.[CH3-].[Hf+4]. The molecule has 18 heavy (non-hydrogen) atoms. The summed E-state index contributed by atoms with van der Waals surface area (Å²) in [5.74, 6) is 1.62. The molecule has 0 N–H and O–H groups in total. The van der Waals surface area contributed by atoms with E-state index in [9.17, 15) is 0 Å². The summed E-state index contributed by atoms with van der Waals surface area (Å²) in [5.41, 5.74) is 3.63. The molecular weight excluding hydrogens is 393 g/mol. The fourth-order valence-corrected chi connectivity index (χ4v) is 1.64. The minimum Gasteiger partial charge on any atom is -0.668 e. The van der Waals surface area contributed by atoms with Crippen molar-refractivity contribution < 1.29 is 30.7 Å². The second-order valence-electron chi connectivity index (χ2n) is 4.04. The number of hydroxylamine groups is 1. The van der Waals surface area contributed by atoms with Crippen molar-refractivity contribution in [3.63, 3.8) is 0 Å². The van der Waals surface area contributed by atoms with E-state index in [1.54, 1.807) is 35.2 Å². The Bertz CT molecular complexity index is 127. The van der Waals surface area contributed by atoms with Crippen molar-refractivity contribution in [3.8, 4) is 0 Å². The van der Waals surface area contributed by atoms with E-state index in [4.69, 9.17) is 4.84 Å². The average Bonchev–Trinajstić information content (AvgIpc) is 2.63. The molecule has 5 heteroatoms. The van der Waals surface area contributed by atoms with Crippen LogP contribution in [0, 0.1) is 19.3 Å². The number of hydrogen-bond donors (Lipinski definition) is 0.